The number of alkyl carbamates (subject to hydrolysis) is 1. The van der Waals surface area contributed by atoms with Crippen molar-refractivity contribution in [3.8, 4) is 0 Å². The van der Waals surface area contributed by atoms with Crippen molar-refractivity contribution in [2.24, 2.45) is 5.92 Å². The number of aliphatic carboxylic acids is 1. The molecule has 7 heteroatoms. The zero-order chi connectivity index (χ0) is 19.7. The average Bonchev–Trinajstić information content (AvgIpc) is 2.55. The number of nitrogens with one attached hydrogen (secondary N) is 1. The first-order valence-electron chi connectivity index (χ1n) is 8.18. The number of carboxylic acid groups (broad SMARTS) is 1. The predicted octanol–water partition coefficient (Wildman–Crippen LogP) is 2.90. The zero-order valence-electron chi connectivity index (χ0n) is 15.2. The van der Waals surface area contributed by atoms with Gasteiger partial charge in [-0.2, -0.15) is 0 Å². The van der Waals surface area contributed by atoms with Crippen LogP contribution in [0.5, 0.6) is 0 Å². The molecule has 0 saturated heterocycles. The molecule has 0 radical (unpaired) electrons. The smallest absolute Gasteiger partial charge is 0.408 e. The fourth-order valence-corrected chi connectivity index (χ4v) is 2.14. The second kappa shape index (κ2) is 9.60. The number of esters is 1. The maximum atomic E-state index is 12.4. The van der Waals surface area contributed by atoms with Crippen LogP contribution in [0.15, 0.2) is 43.0 Å². The summed E-state index contributed by atoms with van der Waals surface area (Å²) in [5.41, 5.74) is -0.0697. The van der Waals surface area contributed by atoms with E-state index in [9.17, 15) is 19.5 Å². The van der Waals surface area contributed by atoms with E-state index in [0.717, 1.165) is 5.56 Å². The van der Waals surface area contributed by atoms with Crippen LogP contribution < -0.4 is 5.32 Å². The minimum absolute atomic E-state index is 0.00704. The molecule has 2 N–H and O–H groups in total. The molecule has 0 heterocycles. The number of amides is 1. The van der Waals surface area contributed by atoms with E-state index in [4.69, 9.17) is 9.47 Å². The van der Waals surface area contributed by atoms with E-state index in [1.54, 1.807) is 45.0 Å². The second-order valence-corrected chi connectivity index (χ2v) is 6.69. The third-order valence-corrected chi connectivity index (χ3v) is 3.29. The number of ether oxygens (including phenoxy) is 2. The Balaban J connectivity index is 2.85. The van der Waals surface area contributed by atoms with Crippen molar-refractivity contribution in [3.05, 3.63) is 48.6 Å². The summed E-state index contributed by atoms with van der Waals surface area (Å²) in [5.74, 6) is -3.31. The highest BCUT2D eigenvalue weighted by Crippen LogP contribution is 2.17. The van der Waals surface area contributed by atoms with Crippen LogP contribution >= 0.6 is 0 Å². The topological polar surface area (TPSA) is 102 Å². The van der Waals surface area contributed by atoms with Crippen LogP contribution in [0, 0.1) is 5.92 Å². The summed E-state index contributed by atoms with van der Waals surface area (Å²) in [5, 5.41) is 11.7. The monoisotopic (exact) mass is 363 g/mol. The van der Waals surface area contributed by atoms with Gasteiger partial charge >= 0.3 is 18.0 Å². The molecular weight excluding hydrogens is 338 g/mol. The molecule has 0 unspecified atom stereocenters. The van der Waals surface area contributed by atoms with Gasteiger partial charge in [0, 0.05) is 0 Å². The first-order chi connectivity index (χ1) is 12.1. The Morgan fingerprint density at radius 2 is 1.85 bits per heavy atom. The average molecular weight is 363 g/mol. The summed E-state index contributed by atoms with van der Waals surface area (Å²) in [6, 6.07) is 7.57. The lowest BCUT2D eigenvalue weighted by Crippen LogP contribution is -2.50. The van der Waals surface area contributed by atoms with E-state index in [1.807, 2.05) is 6.07 Å². The standard InChI is InChI=1S/C19H25NO6/c1-5-9-14(16(21)22)15(17(23)26-19(2,3)4)20-18(24)25-12-13-10-7-6-8-11-13/h5-8,10-11,14-15H,1,9,12H2,2-4H3,(H,20,24)(H,21,22)/t14-,15+/m1/s1. The number of benzene rings is 1. The molecule has 0 aliphatic rings. The third-order valence-electron chi connectivity index (χ3n) is 3.29. The Morgan fingerprint density at radius 1 is 1.23 bits per heavy atom. The second-order valence-electron chi connectivity index (χ2n) is 6.69. The zero-order valence-corrected chi connectivity index (χ0v) is 15.2. The van der Waals surface area contributed by atoms with Crippen LogP contribution in [0.1, 0.15) is 32.8 Å². The maximum absolute atomic E-state index is 12.4. The van der Waals surface area contributed by atoms with Gasteiger partial charge in [-0.05, 0) is 32.8 Å². The molecule has 1 amide bonds. The van der Waals surface area contributed by atoms with Crippen molar-refractivity contribution in [1.29, 1.82) is 0 Å². The molecule has 1 aromatic rings. The van der Waals surface area contributed by atoms with E-state index < -0.39 is 35.6 Å². The highest BCUT2D eigenvalue weighted by molar-refractivity contribution is 5.87. The molecule has 0 aromatic heterocycles. The summed E-state index contributed by atoms with van der Waals surface area (Å²) in [6.45, 7) is 8.44. The molecule has 0 spiro atoms. The minimum Gasteiger partial charge on any atom is -0.481 e. The molecule has 0 bridgehead atoms. The highest BCUT2D eigenvalue weighted by atomic mass is 16.6. The molecule has 1 aromatic carbocycles. The molecule has 142 valence electrons. The summed E-state index contributed by atoms with van der Waals surface area (Å²) in [7, 11) is 0. The Morgan fingerprint density at radius 3 is 2.35 bits per heavy atom. The largest absolute Gasteiger partial charge is 0.481 e. The van der Waals surface area contributed by atoms with Crippen LogP contribution in [-0.4, -0.2) is 34.8 Å². The van der Waals surface area contributed by atoms with Gasteiger partial charge in [-0.25, -0.2) is 9.59 Å². The van der Waals surface area contributed by atoms with Crippen molar-refractivity contribution in [2.45, 2.75) is 45.4 Å². The molecule has 7 nitrogen and oxygen atoms in total. The first-order valence-corrected chi connectivity index (χ1v) is 8.18. The molecule has 0 fully saturated rings. The van der Waals surface area contributed by atoms with E-state index in [2.05, 4.69) is 11.9 Å². The number of hydrogen-bond acceptors (Lipinski definition) is 5. The third kappa shape index (κ3) is 7.38. The molecule has 2 atom stereocenters. The number of carbonyl (C=O) groups is 3. The normalized spacial score (nSPS) is 13.2. The van der Waals surface area contributed by atoms with Crippen LogP contribution in [0.4, 0.5) is 4.79 Å². The van der Waals surface area contributed by atoms with Crippen molar-refractivity contribution >= 4 is 18.0 Å². The number of allylic oxidation sites excluding steroid dienone is 1. The lowest BCUT2D eigenvalue weighted by atomic mass is 9.96. The fourth-order valence-electron chi connectivity index (χ4n) is 2.14. The molecule has 1 rings (SSSR count). The minimum atomic E-state index is -1.40. The molecule has 26 heavy (non-hydrogen) atoms. The van der Waals surface area contributed by atoms with Gasteiger partial charge in [-0.3, -0.25) is 4.79 Å². The van der Waals surface area contributed by atoms with Gasteiger partial charge in [-0.15, -0.1) is 6.58 Å². The number of hydrogen-bond donors (Lipinski definition) is 2. The van der Waals surface area contributed by atoms with Gasteiger partial charge in [0.1, 0.15) is 18.2 Å². The maximum Gasteiger partial charge on any atom is 0.408 e. The summed E-state index contributed by atoms with van der Waals surface area (Å²) < 4.78 is 10.3. The summed E-state index contributed by atoms with van der Waals surface area (Å²) in [6.07, 6.45) is 0.450. The van der Waals surface area contributed by atoms with Gasteiger partial charge in [-0.1, -0.05) is 36.4 Å². The Labute approximate surface area is 153 Å². The van der Waals surface area contributed by atoms with E-state index in [-0.39, 0.29) is 13.0 Å². The predicted molar refractivity (Wildman–Crippen MR) is 95.3 cm³/mol. The number of carbonyl (C=O) groups excluding carboxylic acids is 2. The summed E-state index contributed by atoms with van der Waals surface area (Å²) >= 11 is 0. The lowest BCUT2D eigenvalue weighted by Gasteiger charge is -2.27. The molecule has 0 aliphatic heterocycles. The van der Waals surface area contributed by atoms with Gasteiger partial charge in [0.25, 0.3) is 0 Å². The van der Waals surface area contributed by atoms with Gasteiger partial charge in [0.15, 0.2) is 0 Å². The van der Waals surface area contributed by atoms with Crippen LogP contribution in [0.3, 0.4) is 0 Å². The van der Waals surface area contributed by atoms with E-state index in [0.29, 0.717) is 0 Å². The first kappa shape index (κ1) is 21.2. The van der Waals surface area contributed by atoms with E-state index >= 15 is 0 Å². The van der Waals surface area contributed by atoms with Gasteiger partial charge in [0.05, 0.1) is 5.92 Å². The Bertz CT molecular complexity index is 635. The summed E-state index contributed by atoms with van der Waals surface area (Å²) in [4.78, 5) is 36.0. The molecular formula is C19H25NO6. The Kier molecular flexibility index (Phi) is 7.83. The van der Waals surface area contributed by atoms with E-state index in [1.165, 1.54) is 6.08 Å². The van der Waals surface area contributed by atoms with Crippen LogP contribution in [-0.2, 0) is 25.7 Å². The van der Waals surface area contributed by atoms with Crippen molar-refractivity contribution < 1.29 is 29.0 Å². The van der Waals surface area contributed by atoms with Gasteiger partial charge in [0.2, 0.25) is 0 Å². The lowest BCUT2D eigenvalue weighted by molar-refractivity contribution is -0.163. The number of rotatable bonds is 8. The Hall–Kier alpha value is -2.83. The fraction of sp³-hybridized carbons (Fsp3) is 0.421. The SMILES string of the molecule is C=CC[C@@H](C(=O)O)[C@H](NC(=O)OCc1ccccc1)C(=O)OC(C)(C)C. The molecule has 0 aliphatic carbocycles. The van der Waals surface area contributed by atoms with Crippen molar-refractivity contribution in [1.82, 2.24) is 5.32 Å². The van der Waals surface area contributed by atoms with Gasteiger partial charge < -0.3 is 19.9 Å². The van der Waals surface area contributed by atoms with Crippen molar-refractivity contribution in [3.63, 3.8) is 0 Å². The quantitative estimate of drug-likeness (QED) is 0.544. The highest BCUT2D eigenvalue weighted by Gasteiger charge is 2.37. The number of carboxylic acids is 1. The van der Waals surface area contributed by atoms with Crippen LogP contribution in [0.25, 0.3) is 0 Å². The van der Waals surface area contributed by atoms with Crippen molar-refractivity contribution in [2.75, 3.05) is 0 Å². The van der Waals surface area contributed by atoms with Crippen LogP contribution in [0.2, 0.25) is 0 Å². The molecule has 0 saturated carbocycles.